The van der Waals surface area contributed by atoms with E-state index in [9.17, 15) is 9.59 Å². The molecule has 1 N–H and O–H groups in total. The van der Waals surface area contributed by atoms with E-state index >= 15 is 0 Å². The largest absolute Gasteiger partial charge is 0.467 e. The summed E-state index contributed by atoms with van der Waals surface area (Å²) >= 11 is 0. The normalized spacial score (nSPS) is 24.1. The Hall–Kier alpha value is -0.360. The molecule has 1 amide bonds. The summed E-state index contributed by atoms with van der Waals surface area (Å²) in [5.74, 6) is 1.27. The van der Waals surface area contributed by atoms with Crippen molar-refractivity contribution in [1.82, 2.24) is 5.32 Å². The molecular weight excluding hydrogens is 258 g/mol. The minimum atomic E-state index is -0.510. The van der Waals surface area contributed by atoms with E-state index < -0.39 is 6.04 Å². The Bertz CT molecular complexity index is 261. The first-order valence-electron chi connectivity index (χ1n) is 5.85. The van der Waals surface area contributed by atoms with Crippen molar-refractivity contribution >= 4 is 33.5 Å². The summed E-state index contributed by atoms with van der Waals surface area (Å²) in [7, 11) is 4.73. The standard InChI is InChI=1S/C11H19NO3S2/c1-15-11(14)9-8-17-16-7-5-3-2-4-6-10(13)12-9/h9H,2-8H2,1H3,(H,12,13). The molecule has 4 nitrogen and oxygen atoms in total. The topological polar surface area (TPSA) is 55.4 Å². The van der Waals surface area contributed by atoms with E-state index in [1.807, 2.05) is 0 Å². The number of hydrogen-bond donors (Lipinski definition) is 1. The second kappa shape index (κ2) is 8.69. The van der Waals surface area contributed by atoms with E-state index in [1.165, 1.54) is 20.0 Å². The van der Waals surface area contributed by atoms with Crippen LogP contribution in [0.4, 0.5) is 0 Å². The molecule has 1 heterocycles. The summed E-state index contributed by atoms with van der Waals surface area (Å²) in [4.78, 5) is 23.1. The van der Waals surface area contributed by atoms with Gasteiger partial charge in [-0.15, -0.1) is 0 Å². The fraction of sp³-hybridized carbons (Fsp3) is 0.818. The number of amides is 1. The van der Waals surface area contributed by atoms with Gasteiger partial charge in [0.2, 0.25) is 5.91 Å². The Morgan fingerprint density at radius 3 is 2.82 bits per heavy atom. The van der Waals surface area contributed by atoms with Crippen molar-refractivity contribution in [3.05, 3.63) is 0 Å². The molecule has 0 radical (unpaired) electrons. The van der Waals surface area contributed by atoms with Gasteiger partial charge in [0.25, 0.3) is 0 Å². The van der Waals surface area contributed by atoms with Crippen LogP contribution in [0.1, 0.15) is 32.1 Å². The third-order valence-corrected chi connectivity index (χ3v) is 5.02. The Balaban J connectivity index is 2.48. The van der Waals surface area contributed by atoms with Crippen LogP contribution in [0.2, 0.25) is 0 Å². The second-order valence-corrected chi connectivity index (χ2v) is 6.54. The molecule has 0 spiro atoms. The molecule has 0 aliphatic carbocycles. The summed E-state index contributed by atoms with van der Waals surface area (Å²) in [6, 6.07) is -0.510. The average molecular weight is 277 g/mol. The first-order chi connectivity index (χ1) is 8.24. The zero-order valence-electron chi connectivity index (χ0n) is 10.1. The molecule has 1 aliphatic heterocycles. The van der Waals surface area contributed by atoms with Crippen LogP contribution in [0.15, 0.2) is 0 Å². The monoisotopic (exact) mass is 277 g/mol. The number of carbonyl (C=O) groups excluding carboxylic acids is 2. The van der Waals surface area contributed by atoms with Crippen molar-refractivity contribution in [3.8, 4) is 0 Å². The zero-order valence-corrected chi connectivity index (χ0v) is 11.7. The Labute approximate surface area is 110 Å². The van der Waals surface area contributed by atoms with Gasteiger partial charge in [0.1, 0.15) is 6.04 Å². The van der Waals surface area contributed by atoms with Gasteiger partial charge in [-0.05, 0) is 12.8 Å². The molecule has 1 unspecified atom stereocenters. The Kier molecular flexibility index (Phi) is 7.51. The van der Waals surface area contributed by atoms with Crippen LogP contribution >= 0.6 is 21.6 Å². The molecule has 0 aromatic rings. The summed E-state index contributed by atoms with van der Waals surface area (Å²) in [5, 5.41) is 2.74. The van der Waals surface area contributed by atoms with Gasteiger partial charge in [-0.2, -0.15) is 0 Å². The number of hydrogen-bond acceptors (Lipinski definition) is 5. The molecule has 1 atom stereocenters. The van der Waals surface area contributed by atoms with Crippen LogP contribution in [-0.4, -0.2) is 36.5 Å². The van der Waals surface area contributed by atoms with E-state index in [-0.39, 0.29) is 11.9 Å². The second-order valence-electron chi connectivity index (χ2n) is 3.91. The number of carbonyl (C=O) groups is 2. The molecule has 0 aromatic heterocycles. The van der Waals surface area contributed by atoms with Gasteiger partial charge in [-0.3, -0.25) is 4.79 Å². The highest BCUT2D eigenvalue weighted by Crippen LogP contribution is 2.24. The molecule has 1 fully saturated rings. The lowest BCUT2D eigenvalue weighted by atomic mass is 10.1. The van der Waals surface area contributed by atoms with E-state index in [0.29, 0.717) is 12.2 Å². The number of esters is 1. The van der Waals surface area contributed by atoms with E-state index in [4.69, 9.17) is 0 Å². The number of nitrogens with one attached hydrogen (secondary N) is 1. The predicted molar refractivity (Wildman–Crippen MR) is 71.9 cm³/mol. The van der Waals surface area contributed by atoms with Crippen LogP contribution in [0.3, 0.4) is 0 Å². The van der Waals surface area contributed by atoms with Crippen molar-refractivity contribution in [2.75, 3.05) is 18.6 Å². The molecule has 17 heavy (non-hydrogen) atoms. The lowest BCUT2D eigenvalue weighted by Gasteiger charge is -2.16. The molecular formula is C11H19NO3S2. The fourth-order valence-corrected chi connectivity index (χ4v) is 3.85. The first kappa shape index (κ1) is 14.7. The maximum absolute atomic E-state index is 11.6. The van der Waals surface area contributed by atoms with Gasteiger partial charge in [0.05, 0.1) is 7.11 Å². The van der Waals surface area contributed by atoms with Gasteiger partial charge in [0.15, 0.2) is 0 Å². The van der Waals surface area contributed by atoms with Crippen molar-refractivity contribution in [3.63, 3.8) is 0 Å². The fourth-order valence-electron chi connectivity index (χ4n) is 1.55. The highest BCUT2D eigenvalue weighted by molar-refractivity contribution is 8.76. The van der Waals surface area contributed by atoms with Crippen molar-refractivity contribution in [2.45, 2.75) is 38.1 Å². The summed E-state index contributed by atoms with van der Waals surface area (Å²) in [6.45, 7) is 0. The van der Waals surface area contributed by atoms with Gasteiger partial charge in [-0.25, -0.2) is 4.79 Å². The molecule has 6 heteroatoms. The van der Waals surface area contributed by atoms with Crippen LogP contribution in [0.25, 0.3) is 0 Å². The minimum absolute atomic E-state index is 0.0495. The lowest BCUT2D eigenvalue weighted by molar-refractivity contribution is -0.144. The molecule has 0 bridgehead atoms. The zero-order chi connectivity index (χ0) is 12.5. The molecule has 1 aliphatic rings. The molecule has 0 aromatic carbocycles. The lowest BCUT2D eigenvalue weighted by Crippen LogP contribution is -2.43. The highest BCUT2D eigenvalue weighted by atomic mass is 33.1. The summed E-state index contributed by atoms with van der Waals surface area (Å²) < 4.78 is 4.69. The molecule has 1 saturated heterocycles. The number of ether oxygens (including phenoxy) is 1. The Morgan fingerprint density at radius 2 is 2.06 bits per heavy atom. The van der Waals surface area contributed by atoms with E-state index in [0.717, 1.165) is 18.6 Å². The van der Waals surface area contributed by atoms with Crippen LogP contribution < -0.4 is 5.32 Å². The third-order valence-electron chi connectivity index (χ3n) is 2.52. The number of rotatable bonds is 1. The summed E-state index contributed by atoms with van der Waals surface area (Å²) in [5.41, 5.74) is 0. The average Bonchev–Trinajstić information content (AvgIpc) is 2.32. The summed E-state index contributed by atoms with van der Waals surface area (Å²) in [6.07, 6.45) is 4.85. The van der Waals surface area contributed by atoms with Crippen LogP contribution in [0.5, 0.6) is 0 Å². The van der Waals surface area contributed by atoms with Gasteiger partial charge in [0, 0.05) is 17.9 Å². The third kappa shape index (κ3) is 6.21. The quantitative estimate of drug-likeness (QED) is 0.587. The van der Waals surface area contributed by atoms with Gasteiger partial charge >= 0.3 is 5.97 Å². The van der Waals surface area contributed by atoms with Crippen molar-refractivity contribution in [2.24, 2.45) is 0 Å². The van der Waals surface area contributed by atoms with Crippen LogP contribution in [-0.2, 0) is 14.3 Å². The van der Waals surface area contributed by atoms with Crippen molar-refractivity contribution in [1.29, 1.82) is 0 Å². The van der Waals surface area contributed by atoms with Gasteiger partial charge in [-0.1, -0.05) is 34.4 Å². The smallest absolute Gasteiger partial charge is 0.329 e. The predicted octanol–water partition coefficient (Wildman–Crippen LogP) is 1.99. The Morgan fingerprint density at radius 1 is 1.29 bits per heavy atom. The van der Waals surface area contributed by atoms with Crippen LogP contribution in [0, 0.1) is 0 Å². The van der Waals surface area contributed by atoms with Gasteiger partial charge < -0.3 is 10.1 Å². The first-order valence-corrected chi connectivity index (χ1v) is 8.34. The number of methoxy groups -OCH3 is 1. The van der Waals surface area contributed by atoms with E-state index in [1.54, 1.807) is 21.6 Å². The van der Waals surface area contributed by atoms with Crippen molar-refractivity contribution < 1.29 is 14.3 Å². The maximum Gasteiger partial charge on any atom is 0.329 e. The molecule has 98 valence electrons. The minimum Gasteiger partial charge on any atom is -0.467 e. The molecule has 1 rings (SSSR count). The van der Waals surface area contributed by atoms with E-state index in [2.05, 4.69) is 10.1 Å². The molecule has 0 saturated carbocycles. The maximum atomic E-state index is 11.6. The highest BCUT2D eigenvalue weighted by Gasteiger charge is 2.21. The SMILES string of the molecule is COC(=O)C1CSSCCCCCCC(=O)N1.